The number of hydrogen-bond acceptors (Lipinski definition) is 4. The zero-order valence-electron chi connectivity index (χ0n) is 14.2. The first-order valence-corrected chi connectivity index (χ1v) is 9.26. The normalized spacial score (nSPS) is 19.8. The molecule has 0 bridgehead atoms. The summed E-state index contributed by atoms with van der Waals surface area (Å²) in [6.45, 7) is 6.03. The quantitative estimate of drug-likeness (QED) is 0.597. The van der Waals surface area contributed by atoms with Crippen molar-refractivity contribution < 1.29 is 4.79 Å². The van der Waals surface area contributed by atoms with E-state index in [4.69, 9.17) is 0 Å². The highest BCUT2D eigenvalue weighted by atomic mass is 32.2. The Balaban J connectivity index is 1.83. The summed E-state index contributed by atoms with van der Waals surface area (Å²) in [7, 11) is 1.83. The molecule has 1 aliphatic carbocycles. The number of thioether (sulfide) groups is 1. The van der Waals surface area contributed by atoms with Crippen LogP contribution in [0.1, 0.15) is 58.3 Å². The lowest BCUT2D eigenvalue weighted by atomic mass is 9.90. The van der Waals surface area contributed by atoms with Crippen LogP contribution in [0.2, 0.25) is 0 Å². The summed E-state index contributed by atoms with van der Waals surface area (Å²) in [5, 5.41) is 4.66. The molecular weight excluding hydrogens is 306 g/mol. The Hall–Kier alpha value is -1.36. The van der Waals surface area contributed by atoms with Crippen molar-refractivity contribution in [3.63, 3.8) is 0 Å². The molecule has 0 spiro atoms. The van der Waals surface area contributed by atoms with Crippen LogP contribution < -0.4 is 5.32 Å². The van der Waals surface area contributed by atoms with E-state index in [0.29, 0.717) is 17.4 Å². The van der Waals surface area contributed by atoms with Gasteiger partial charge in [-0.25, -0.2) is 0 Å². The molecule has 2 aliphatic rings. The minimum absolute atomic E-state index is 0.0463. The van der Waals surface area contributed by atoms with Crippen molar-refractivity contribution in [2.24, 2.45) is 15.9 Å². The maximum absolute atomic E-state index is 12.2. The van der Waals surface area contributed by atoms with Gasteiger partial charge in [-0.05, 0) is 32.6 Å². The Kier molecular flexibility index (Phi) is 7.09. The van der Waals surface area contributed by atoms with Gasteiger partial charge in [0.2, 0.25) is 5.91 Å². The lowest BCUT2D eigenvalue weighted by Crippen LogP contribution is -2.23. The van der Waals surface area contributed by atoms with Crippen molar-refractivity contribution in [3.8, 4) is 0 Å². The van der Waals surface area contributed by atoms with Crippen LogP contribution in [-0.2, 0) is 4.79 Å². The third kappa shape index (κ3) is 5.65. The highest BCUT2D eigenvalue weighted by molar-refractivity contribution is 8.17. The third-order valence-electron chi connectivity index (χ3n) is 4.40. The highest BCUT2D eigenvalue weighted by Crippen LogP contribution is 2.31. The molecule has 4 nitrogen and oxygen atoms in total. The Morgan fingerprint density at radius 1 is 1.43 bits per heavy atom. The van der Waals surface area contributed by atoms with E-state index in [0.717, 1.165) is 23.6 Å². The number of rotatable bonds is 5. The molecule has 1 amide bonds. The van der Waals surface area contributed by atoms with E-state index < -0.39 is 0 Å². The molecule has 0 radical (unpaired) electrons. The lowest BCUT2D eigenvalue weighted by Gasteiger charge is -2.23. The van der Waals surface area contributed by atoms with Gasteiger partial charge < -0.3 is 5.32 Å². The molecule has 0 unspecified atom stereocenters. The van der Waals surface area contributed by atoms with Crippen LogP contribution in [0.3, 0.4) is 0 Å². The molecule has 5 heteroatoms. The van der Waals surface area contributed by atoms with Gasteiger partial charge in [0.1, 0.15) is 0 Å². The number of aliphatic imine (C=N–C) groups is 2. The maximum Gasteiger partial charge on any atom is 0.230 e. The standard InChI is InChI=1S/C18H27N3OS/c1-13-8-7-11-20-16(13)12-17(22)21-14(2)23-18(19-3)15-9-5-4-6-10-15/h11,15H,2,4-10,12H2,1,3H3,(H,21,22). The van der Waals surface area contributed by atoms with Gasteiger partial charge in [0, 0.05) is 24.9 Å². The molecule has 23 heavy (non-hydrogen) atoms. The van der Waals surface area contributed by atoms with E-state index in [-0.39, 0.29) is 5.91 Å². The van der Waals surface area contributed by atoms with Crippen molar-refractivity contribution in [1.82, 2.24) is 5.32 Å². The van der Waals surface area contributed by atoms with Gasteiger partial charge in [-0.15, -0.1) is 0 Å². The zero-order chi connectivity index (χ0) is 16.7. The van der Waals surface area contributed by atoms with Crippen LogP contribution in [0.5, 0.6) is 0 Å². The van der Waals surface area contributed by atoms with Crippen molar-refractivity contribution >= 4 is 28.9 Å². The second-order valence-corrected chi connectivity index (χ2v) is 7.34. The third-order valence-corrected chi connectivity index (χ3v) is 5.47. The Labute approximate surface area is 143 Å². The maximum atomic E-state index is 12.2. The second-order valence-electron chi connectivity index (χ2n) is 6.22. The summed E-state index contributed by atoms with van der Waals surface area (Å²) in [5.74, 6) is 0.482. The van der Waals surface area contributed by atoms with Crippen LogP contribution in [0.15, 0.2) is 32.9 Å². The van der Waals surface area contributed by atoms with Gasteiger partial charge in [0.25, 0.3) is 0 Å². The van der Waals surface area contributed by atoms with Crippen molar-refractivity contribution in [3.05, 3.63) is 22.9 Å². The van der Waals surface area contributed by atoms with Crippen LogP contribution >= 0.6 is 11.8 Å². The van der Waals surface area contributed by atoms with E-state index in [1.165, 1.54) is 49.4 Å². The molecule has 0 saturated heterocycles. The number of carbonyl (C=O) groups excluding carboxylic acids is 1. The average Bonchev–Trinajstić information content (AvgIpc) is 2.55. The predicted octanol–water partition coefficient (Wildman–Crippen LogP) is 4.44. The monoisotopic (exact) mass is 333 g/mol. The molecule has 1 aliphatic heterocycles. The first-order chi connectivity index (χ1) is 11.1. The van der Waals surface area contributed by atoms with Crippen molar-refractivity contribution in [2.45, 2.75) is 58.3 Å². The van der Waals surface area contributed by atoms with E-state index in [1.54, 1.807) is 0 Å². The summed E-state index contributed by atoms with van der Waals surface area (Å²) in [6, 6.07) is 0. The fourth-order valence-corrected chi connectivity index (χ4v) is 3.98. The fourth-order valence-electron chi connectivity index (χ4n) is 3.07. The van der Waals surface area contributed by atoms with Crippen LogP contribution in [0.4, 0.5) is 0 Å². The number of carbonyl (C=O) groups is 1. The molecule has 126 valence electrons. The first kappa shape index (κ1) is 18.0. The number of allylic oxidation sites excluding steroid dienone is 1. The molecule has 1 heterocycles. The predicted molar refractivity (Wildman–Crippen MR) is 99.9 cm³/mol. The van der Waals surface area contributed by atoms with Crippen LogP contribution in [-0.4, -0.2) is 24.2 Å². The molecular formula is C18H27N3OS. The SMILES string of the molecule is C=C(NC(=O)CC1=C(C)CCC=N1)SC(=NC)C1CCCCC1. The Morgan fingerprint density at radius 3 is 2.83 bits per heavy atom. The summed E-state index contributed by atoms with van der Waals surface area (Å²) >= 11 is 1.51. The number of nitrogens with zero attached hydrogens (tertiary/aromatic N) is 2. The molecule has 0 aromatic heterocycles. The summed E-state index contributed by atoms with van der Waals surface area (Å²) in [6.07, 6.45) is 10.4. The average molecular weight is 334 g/mol. The highest BCUT2D eigenvalue weighted by Gasteiger charge is 2.21. The zero-order valence-corrected chi connectivity index (χ0v) is 15.0. The largest absolute Gasteiger partial charge is 0.321 e. The molecule has 0 atom stereocenters. The van der Waals surface area contributed by atoms with Crippen LogP contribution in [0.25, 0.3) is 0 Å². The smallest absolute Gasteiger partial charge is 0.230 e. The fraction of sp³-hybridized carbons (Fsp3) is 0.611. The van der Waals surface area contributed by atoms with E-state index in [2.05, 4.69) is 21.9 Å². The topological polar surface area (TPSA) is 53.8 Å². The summed E-state index contributed by atoms with van der Waals surface area (Å²) in [4.78, 5) is 20.9. The second kappa shape index (κ2) is 9.06. The van der Waals surface area contributed by atoms with E-state index in [9.17, 15) is 4.79 Å². The minimum Gasteiger partial charge on any atom is -0.321 e. The number of nitrogens with one attached hydrogen (secondary N) is 1. The van der Waals surface area contributed by atoms with Gasteiger partial charge in [-0.2, -0.15) is 0 Å². The molecule has 1 fully saturated rings. The van der Waals surface area contributed by atoms with Gasteiger partial charge in [0.15, 0.2) is 0 Å². The molecule has 0 aromatic rings. The molecule has 2 rings (SSSR count). The van der Waals surface area contributed by atoms with Gasteiger partial charge in [-0.1, -0.05) is 43.2 Å². The van der Waals surface area contributed by atoms with Gasteiger partial charge >= 0.3 is 0 Å². The number of amides is 1. The van der Waals surface area contributed by atoms with Gasteiger partial charge in [0.05, 0.1) is 16.5 Å². The van der Waals surface area contributed by atoms with Crippen molar-refractivity contribution in [1.29, 1.82) is 0 Å². The van der Waals surface area contributed by atoms with Crippen molar-refractivity contribution in [2.75, 3.05) is 7.05 Å². The Bertz CT molecular complexity index is 542. The molecule has 1 saturated carbocycles. The van der Waals surface area contributed by atoms with Crippen LogP contribution in [0, 0.1) is 5.92 Å². The summed E-state index contributed by atoms with van der Waals surface area (Å²) in [5.41, 5.74) is 2.10. The summed E-state index contributed by atoms with van der Waals surface area (Å²) < 4.78 is 0. The molecule has 1 N–H and O–H groups in total. The number of hydrogen-bond donors (Lipinski definition) is 1. The van der Waals surface area contributed by atoms with E-state index >= 15 is 0 Å². The molecule has 0 aromatic carbocycles. The lowest BCUT2D eigenvalue weighted by molar-refractivity contribution is -0.119. The van der Waals surface area contributed by atoms with Gasteiger partial charge in [-0.3, -0.25) is 14.8 Å². The Morgan fingerprint density at radius 2 is 2.17 bits per heavy atom. The van der Waals surface area contributed by atoms with E-state index in [1.807, 2.05) is 20.2 Å². The minimum atomic E-state index is -0.0463. The first-order valence-electron chi connectivity index (χ1n) is 8.44.